The lowest BCUT2D eigenvalue weighted by Gasteiger charge is -2.18. The number of benzene rings is 1. The highest BCUT2D eigenvalue weighted by Gasteiger charge is 2.27. The third kappa shape index (κ3) is 3.02. The lowest BCUT2D eigenvalue weighted by atomic mass is 9.94. The zero-order chi connectivity index (χ0) is 18.8. The minimum atomic E-state index is -0.598. The van der Waals surface area contributed by atoms with Gasteiger partial charge in [0, 0.05) is 12.2 Å². The van der Waals surface area contributed by atoms with Crippen LogP contribution in [0.15, 0.2) is 29.1 Å². The van der Waals surface area contributed by atoms with Crippen molar-refractivity contribution >= 4 is 5.78 Å². The fourth-order valence-corrected chi connectivity index (χ4v) is 3.35. The van der Waals surface area contributed by atoms with Gasteiger partial charge >= 0.3 is 0 Å². The molecule has 1 unspecified atom stereocenters. The number of aromatic hydroxyl groups is 1. The Hall–Kier alpha value is -2.91. The fraction of sp³-hybridized carbons (Fsp3) is 0.350. The Balaban J connectivity index is 2.18. The number of nitriles is 1. The number of pyridine rings is 1. The van der Waals surface area contributed by atoms with E-state index in [2.05, 4.69) is 0 Å². The van der Waals surface area contributed by atoms with Crippen molar-refractivity contribution < 1.29 is 14.6 Å². The van der Waals surface area contributed by atoms with E-state index in [1.54, 1.807) is 25.1 Å². The molecule has 1 aromatic heterocycles. The maximum Gasteiger partial charge on any atom is 0.271 e. The third-order valence-electron chi connectivity index (χ3n) is 4.83. The largest absolute Gasteiger partial charge is 0.494 e. The highest BCUT2D eigenvalue weighted by atomic mass is 16.5. The van der Waals surface area contributed by atoms with Crippen LogP contribution in [0.2, 0.25) is 0 Å². The fourth-order valence-electron chi connectivity index (χ4n) is 3.35. The van der Waals surface area contributed by atoms with E-state index in [4.69, 9.17) is 4.74 Å². The van der Waals surface area contributed by atoms with Gasteiger partial charge in [0.1, 0.15) is 11.6 Å². The summed E-state index contributed by atoms with van der Waals surface area (Å²) in [5.74, 6) is -0.814. The minimum absolute atomic E-state index is 0.00607. The molecule has 0 radical (unpaired) electrons. The molecule has 0 bridgehead atoms. The van der Waals surface area contributed by atoms with E-state index >= 15 is 0 Å². The smallest absolute Gasteiger partial charge is 0.271 e. The topological polar surface area (TPSA) is 92.3 Å². The summed E-state index contributed by atoms with van der Waals surface area (Å²) in [6.07, 6.45) is 1.43. The Labute approximate surface area is 151 Å². The number of ketones is 1. The number of aromatic nitrogens is 1. The molecule has 1 atom stereocenters. The predicted molar refractivity (Wildman–Crippen MR) is 95.4 cm³/mol. The van der Waals surface area contributed by atoms with Gasteiger partial charge in [-0.1, -0.05) is 24.3 Å². The zero-order valence-corrected chi connectivity index (χ0v) is 14.8. The zero-order valence-electron chi connectivity index (χ0n) is 14.8. The molecular formula is C20H20N2O4. The molecule has 1 aliphatic heterocycles. The molecule has 0 aliphatic carbocycles. The minimum Gasteiger partial charge on any atom is -0.494 e. The number of aryl methyl sites for hydroxylation is 1. The molecule has 0 amide bonds. The van der Waals surface area contributed by atoms with Crippen molar-refractivity contribution in [2.75, 3.05) is 6.61 Å². The molecule has 1 fully saturated rings. The second kappa shape index (κ2) is 7.14. The summed E-state index contributed by atoms with van der Waals surface area (Å²) < 4.78 is 6.63. The standard InChI is InChI=1S/C20H20N2O4/c1-12-6-3-4-8-15(12)18(23)17-13(2)16(10-21)19(24)22(20(17)25)11-14-7-5-9-26-14/h3-4,6,8,14,25H,5,7,9,11H2,1-2H3. The van der Waals surface area contributed by atoms with Crippen molar-refractivity contribution in [1.82, 2.24) is 4.57 Å². The number of carbonyl (C=O) groups excluding carboxylic acids is 1. The molecule has 6 nitrogen and oxygen atoms in total. The third-order valence-corrected chi connectivity index (χ3v) is 4.83. The molecule has 3 rings (SSSR count). The van der Waals surface area contributed by atoms with Gasteiger partial charge in [0.25, 0.3) is 5.56 Å². The Morgan fingerprint density at radius 3 is 2.73 bits per heavy atom. The normalized spacial score (nSPS) is 16.4. The first-order chi connectivity index (χ1) is 12.5. The Bertz CT molecular complexity index is 963. The molecule has 134 valence electrons. The molecule has 26 heavy (non-hydrogen) atoms. The monoisotopic (exact) mass is 352 g/mol. The number of rotatable bonds is 4. The van der Waals surface area contributed by atoms with Gasteiger partial charge in [-0.2, -0.15) is 5.26 Å². The summed E-state index contributed by atoms with van der Waals surface area (Å²) in [4.78, 5) is 25.7. The van der Waals surface area contributed by atoms with Crippen molar-refractivity contribution in [2.45, 2.75) is 39.3 Å². The predicted octanol–water partition coefficient (Wildman–Crippen LogP) is 2.45. The number of carbonyl (C=O) groups is 1. The first-order valence-electron chi connectivity index (χ1n) is 8.54. The molecule has 1 aromatic carbocycles. The van der Waals surface area contributed by atoms with Crippen LogP contribution in [0.5, 0.6) is 5.88 Å². The van der Waals surface area contributed by atoms with Crippen molar-refractivity contribution in [3.05, 3.63) is 62.4 Å². The summed E-state index contributed by atoms with van der Waals surface area (Å²) in [5.41, 5.74) is 0.654. The lowest BCUT2D eigenvalue weighted by molar-refractivity contribution is 0.0929. The van der Waals surface area contributed by atoms with E-state index in [-0.39, 0.29) is 29.3 Å². The van der Waals surface area contributed by atoms with Crippen molar-refractivity contribution in [1.29, 1.82) is 5.26 Å². The van der Waals surface area contributed by atoms with Crippen LogP contribution in [0.25, 0.3) is 0 Å². The van der Waals surface area contributed by atoms with Crippen LogP contribution in [0.1, 0.15) is 45.5 Å². The average molecular weight is 352 g/mol. The summed E-state index contributed by atoms with van der Waals surface area (Å²) in [6.45, 7) is 4.04. The van der Waals surface area contributed by atoms with Crippen LogP contribution in [-0.2, 0) is 11.3 Å². The summed E-state index contributed by atoms with van der Waals surface area (Å²) in [5, 5.41) is 20.1. The Morgan fingerprint density at radius 1 is 1.38 bits per heavy atom. The van der Waals surface area contributed by atoms with Gasteiger partial charge in [0.05, 0.1) is 18.2 Å². The van der Waals surface area contributed by atoms with Crippen molar-refractivity contribution in [3.8, 4) is 11.9 Å². The average Bonchev–Trinajstić information content (AvgIpc) is 3.12. The van der Waals surface area contributed by atoms with Gasteiger partial charge in [-0.15, -0.1) is 0 Å². The highest BCUT2D eigenvalue weighted by molar-refractivity contribution is 6.12. The van der Waals surface area contributed by atoms with Crippen LogP contribution < -0.4 is 5.56 Å². The molecular weight excluding hydrogens is 332 g/mol. The van der Waals surface area contributed by atoms with Crippen molar-refractivity contribution in [2.24, 2.45) is 0 Å². The highest BCUT2D eigenvalue weighted by Crippen LogP contribution is 2.27. The SMILES string of the molecule is Cc1ccccc1C(=O)c1c(C)c(C#N)c(=O)n(CC2CCCO2)c1O. The summed E-state index contributed by atoms with van der Waals surface area (Å²) in [6, 6.07) is 8.90. The Kier molecular flexibility index (Phi) is 4.92. The van der Waals surface area contributed by atoms with E-state index in [1.807, 2.05) is 12.1 Å². The molecule has 1 N–H and O–H groups in total. The van der Waals surface area contributed by atoms with Crippen LogP contribution in [0.4, 0.5) is 0 Å². The quantitative estimate of drug-likeness (QED) is 0.853. The lowest BCUT2D eigenvalue weighted by Crippen LogP contribution is -2.30. The number of hydrogen-bond donors (Lipinski definition) is 1. The van der Waals surface area contributed by atoms with E-state index < -0.39 is 17.2 Å². The maximum atomic E-state index is 13.1. The molecule has 1 aliphatic rings. The van der Waals surface area contributed by atoms with E-state index in [1.165, 1.54) is 6.92 Å². The van der Waals surface area contributed by atoms with Crippen LogP contribution in [-0.4, -0.2) is 28.2 Å². The second-order valence-corrected chi connectivity index (χ2v) is 6.51. The van der Waals surface area contributed by atoms with Gasteiger partial charge in [-0.05, 0) is 37.8 Å². The van der Waals surface area contributed by atoms with E-state index in [9.17, 15) is 20.0 Å². The van der Waals surface area contributed by atoms with Gasteiger partial charge in [0.15, 0.2) is 5.78 Å². The molecule has 2 heterocycles. The van der Waals surface area contributed by atoms with Gasteiger partial charge in [0.2, 0.25) is 5.88 Å². The molecule has 1 saturated heterocycles. The van der Waals surface area contributed by atoms with Crippen LogP contribution in [0.3, 0.4) is 0 Å². The van der Waals surface area contributed by atoms with Crippen LogP contribution in [0, 0.1) is 25.2 Å². The molecule has 0 saturated carbocycles. The van der Waals surface area contributed by atoms with Crippen LogP contribution >= 0.6 is 0 Å². The number of hydrogen-bond acceptors (Lipinski definition) is 5. The van der Waals surface area contributed by atoms with Gasteiger partial charge < -0.3 is 9.84 Å². The van der Waals surface area contributed by atoms with E-state index in [0.29, 0.717) is 12.2 Å². The molecule has 0 spiro atoms. The van der Waals surface area contributed by atoms with Crippen molar-refractivity contribution in [3.63, 3.8) is 0 Å². The summed E-state index contributed by atoms with van der Waals surface area (Å²) >= 11 is 0. The first kappa shape index (κ1) is 17.9. The number of nitrogens with zero attached hydrogens (tertiary/aromatic N) is 2. The maximum absolute atomic E-state index is 13.1. The number of ether oxygens (including phenoxy) is 1. The van der Waals surface area contributed by atoms with E-state index in [0.717, 1.165) is 23.0 Å². The molecule has 6 heteroatoms. The Morgan fingerprint density at radius 2 is 2.12 bits per heavy atom. The van der Waals surface area contributed by atoms with Gasteiger partial charge in [-0.25, -0.2) is 0 Å². The molecule has 2 aromatic rings. The summed E-state index contributed by atoms with van der Waals surface area (Å²) in [7, 11) is 0. The first-order valence-corrected chi connectivity index (χ1v) is 8.54. The second-order valence-electron chi connectivity index (χ2n) is 6.51. The van der Waals surface area contributed by atoms with Gasteiger partial charge in [-0.3, -0.25) is 14.2 Å².